The lowest BCUT2D eigenvalue weighted by atomic mass is 10.1. The number of hydrogen-bond acceptors (Lipinski definition) is 3. The summed E-state index contributed by atoms with van der Waals surface area (Å²) in [5.41, 5.74) is 5.35. The standard InChI is InChI=1S/C14H21FN2O2S/c1-17(11-6-4-2-3-5-7-11)20(18,19)12-8-9-14(16)13(15)10-12/h8-11H,2-7,16H2,1H3. The summed E-state index contributed by atoms with van der Waals surface area (Å²) in [4.78, 5) is -0.0315. The molecule has 0 aromatic heterocycles. The van der Waals surface area contributed by atoms with Gasteiger partial charge in [-0.25, -0.2) is 12.8 Å². The van der Waals surface area contributed by atoms with Gasteiger partial charge in [0.1, 0.15) is 5.82 Å². The molecular weight excluding hydrogens is 279 g/mol. The van der Waals surface area contributed by atoms with Crippen molar-refractivity contribution in [2.24, 2.45) is 0 Å². The van der Waals surface area contributed by atoms with E-state index in [9.17, 15) is 12.8 Å². The van der Waals surface area contributed by atoms with E-state index in [1.54, 1.807) is 7.05 Å². The molecule has 0 spiro atoms. The molecule has 1 aliphatic rings. The zero-order valence-corrected chi connectivity index (χ0v) is 12.5. The number of nitrogens with zero attached hydrogens (tertiary/aromatic N) is 1. The maximum Gasteiger partial charge on any atom is 0.243 e. The van der Waals surface area contributed by atoms with Gasteiger partial charge in [-0.1, -0.05) is 25.7 Å². The number of benzene rings is 1. The number of nitrogens with two attached hydrogens (primary N) is 1. The van der Waals surface area contributed by atoms with Crippen molar-refractivity contribution in [3.8, 4) is 0 Å². The molecule has 0 radical (unpaired) electrons. The molecule has 2 rings (SSSR count). The first-order valence-corrected chi connectivity index (χ1v) is 8.40. The van der Waals surface area contributed by atoms with Crippen LogP contribution in [0.2, 0.25) is 0 Å². The van der Waals surface area contributed by atoms with E-state index in [2.05, 4.69) is 0 Å². The van der Waals surface area contributed by atoms with Gasteiger partial charge >= 0.3 is 0 Å². The number of rotatable bonds is 3. The third-order valence-corrected chi connectivity index (χ3v) is 5.89. The first-order chi connectivity index (χ1) is 9.43. The molecule has 0 aliphatic heterocycles. The summed E-state index contributed by atoms with van der Waals surface area (Å²) in [6.07, 6.45) is 6.13. The molecule has 1 saturated carbocycles. The van der Waals surface area contributed by atoms with Gasteiger partial charge in [-0.05, 0) is 31.0 Å². The van der Waals surface area contributed by atoms with Crippen molar-refractivity contribution in [3.63, 3.8) is 0 Å². The van der Waals surface area contributed by atoms with Crippen LogP contribution in [-0.4, -0.2) is 25.8 Å². The van der Waals surface area contributed by atoms with Crippen LogP contribution in [-0.2, 0) is 10.0 Å². The third-order valence-electron chi connectivity index (χ3n) is 3.99. The van der Waals surface area contributed by atoms with E-state index in [4.69, 9.17) is 5.73 Å². The number of halogens is 1. The molecule has 1 aromatic rings. The lowest BCUT2D eigenvalue weighted by molar-refractivity contribution is 0.335. The Bertz CT molecular complexity index is 567. The molecule has 0 saturated heterocycles. The zero-order valence-electron chi connectivity index (χ0n) is 11.7. The molecule has 1 aromatic carbocycles. The first kappa shape index (κ1) is 15.3. The Kier molecular flexibility index (Phi) is 4.65. The van der Waals surface area contributed by atoms with Crippen LogP contribution in [0.3, 0.4) is 0 Å². The van der Waals surface area contributed by atoms with Crippen molar-refractivity contribution in [2.75, 3.05) is 12.8 Å². The van der Waals surface area contributed by atoms with Gasteiger partial charge in [0.25, 0.3) is 0 Å². The fourth-order valence-electron chi connectivity index (χ4n) is 2.65. The van der Waals surface area contributed by atoms with Gasteiger partial charge in [-0.15, -0.1) is 0 Å². The third kappa shape index (κ3) is 3.12. The molecule has 1 aliphatic carbocycles. The van der Waals surface area contributed by atoms with Crippen LogP contribution in [0.15, 0.2) is 23.1 Å². The molecule has 2 N–H and O–H groups in total. The predicted octanol–water partition coefficient (Wildman–Crippen LogP) is 2.75. The van der Waals surface area contributed by atoms with Gasteiger partial charge in [-0.2, -0.15) is 4.31 Å². The number of sulfonamides is 1. The highest BCUT2D eigenvalue weighted by atomic mass is 32.2. The summed E-state index contributed by atoms with van der Waals surface area (Å²) in [5, 5.41) is 0. The van der Waals surface area contributed by atoms with E-state index in [1.165, 1.54) is 16.4 Å². The SMILES string of the molecule is CN(C1CCCCCC1)S(=O)(=O)c1ccc(N)c(F)c1. The summed E-state index contributed by atoms with van der Waals surface area (Å²) >= 11 is 0. The molecular formula is C14H21FN2O2S. The highest BCUT2D eigenvalue weighted by Gasteiger charge is 2.28. The summed E-state index contributed by atoms with van der Waals surface area (Å²) in [6.45, 7) is 0. The Balaban J connectivity index is 2.26. The summed E-state index contributed by atoms with van der Waals surface area (Å²) in [5.74, 6) is -0.694. The molecule has 0 amide bonds. The Morgan fingerprint density at radius 2 is 1.80 bits per heavy atom. The van der Waals surface area contributed by atoms with Crippen LogP contribution in [0.1, 0.15) is 38.5 Å². The number of hydrogen-bond donors (Lipinski definition) is 1. The van der Waals surface area contributed by atoms with Gasteiger partial charge < -0.3 is 5.73 Å². The second kappa shape index (κ2) is 6.10. The van der Waals surface area contributed by atoms with Gasteiger partial charge in [0.05, 0.1) is 10.6 Å². The van der Waals surface area contributed by atoms with Crippen molar-refractivity contribution in [3.05, 3.63) is 24.0 Å². The monoisotopic (exact) mass is 300 g/mol. The number of anilines is 1. The topological polar surface area (TPSA) is 63.4 Å². The van der Waals surface area contributed by atoms with E-state index in [0.29, 0.717) is 0 Å². The molecule has 0 unspecified atom stereocenters. The lowest BCUT2D eigenvalue weighted by Crippen LogP contribution is -2.36. The van der Waals surface area contributed by atoms with E-state index in [0.717, 1.165) is 44.6 Å². The van der Waals surface area contributed by atoms with Crippen LogP contribution in [0.25, 0.3) is 0 Å². The Morgan fingerprint density at radius 3 is 2.35 bits per heavy atom. The second-order valence-corrected chi connectivity index (χ2v) is 7.35. The number of nitrogen functional groups attached to an aromatic ring is 1. The first-order valence-electron chi connectivity index (χ1n) is 6.96. The van der Waals surface area contributed by atoms with Gasteiger partial charge in [0.15, 0.2) is 0 Å². The molecule has 1 fully saturated rings. The van der Waals surface area contributed by atoms with E-state index < -0.39 is 15.8 Å². The highest BCUT2D eigenvalue weighted by Crippen LogP contribution is 2.26. The second-order valence-electron chi connectivity index (χ2n) is 5.35. The minimum atomic E-state index is -3.66. The van der Waals surface area contributed by atoms with Crippen LogP contribution < -0.4 is 5.73 Å². The van der Waals surface area contributed by atoms with Crippen LogP contribution in [0.5, 0.6) is 0 Å². The van der Waals surface area contributed by atoms with Gasteiger partial charge in [-0.3, -0.25) is 0 Å². The van der Waals surface area contributed by atoms with Crippen molar-refractivity contribution in [2.45, 2.75) is 49.5 Å². The normalized spacial score (nSPS) is 18.1. The van der Waals surface area contributed by atoms with E-state index >= 15 is 0 Å². The molecule has 0 heterocycles. The Morgan fingerprint density at radius 1 is 1.20 bits per heavy atom. The Labute approximate surface area is 119 Å². The maximum absolute atomic E-state index is 13.5. The van der Waals surface area contributed by atoms with E-state index in [1.807, 2.05) is 0 Å². The fraction of sp³-hybridized carbons (Fsp3) is 0.571. The average Bonchev–Trinajstić information content (AvgIpc) is 2.69. The van der Waals surface area contributed by atoms with Gasteiger partial charge in [0.2, 0.25) is 10.0 Å². The Hall–Kier alpha value is -1.14. The van der Waals surface area contributed by atoms with Crippen LogP contribution >= 0.6 is 0 Å². The average molecular weight is 300 g/mol. The summed E-state index contributed by atoms with van der Waals surface area (Å²) in [7, 11) is -2.07. The van der Waals surface area contributed by atoms with Crippen molar-refractivity contribution >= 4 is 15.7 Å². The van der Waals surface area contributed by atoms with E-state index in [-0.39, 0.29) is 16.6 Å². The molecule has 20 heavy (non-hydrogen) atoms. The van der Waals surface area contributed by atoms with Crippen molar-refractivity contribution in [1.29, 1.82) is 0 Å². The van der Waals surface area contributed by atoms with Crippen LogP contribution in [0, 0.1) is 5.82 Å². The molecule has 0 bridgehead atoms. The zero-order chi connectivity index (χ0) is 14.8. The summed E-state index contributed by atoms with van der Waals surface area (Å²) < 4.78 is 39.9. The molecule has 4 nitrogen and oxygen atoms in total. The molecule has 0 atom stereocenters. The van der Waals surface area contributed by atoms with Crippen LogP contribution in [0.4, 0.5) is 10.1 Å². The molecule has 112 valence electrons. The minimum absolute atomic E-state index is 0.00288. The van der Waals surface area contributed by atoms with Crippen molar-refractivity contribution < 1.29 is 12.8 Å². The minimum Gasteiger partial charge on any atom is -0.396 e. The lowest BCUT2D eigenvalue weighted by Gasteiger charge is -2.26. The quantitative estimate of drug-likeness (QED) is 0.689. The predicted molar refractivity (Wildman–Crippen MR) is 77.3 cm³/mol. The maximum atomic E-state index is 13.5. The van der Waals surface area contributed by atoms with Crippen molar-refractivity contribution in [1.82, 2.24) is 4.31 Å². The molecule has 6 heteroatoms. The largest absolute Gasteiger partial charge is 0.396 e. The highest BCUT2D eigenvalue weighted by molar-refractivity contribution is 7.89. The smallest absolute Gasteiger partial charge is 0.243 e. The fourth-order valence-corrected chi connectivity index (χ4v) is 4.08. The van der Waals surface area contributed by atoms with Gasteiger partial charge in [0, 0.05) is 13.1 Å². The summed E-state index contributed by atoms with van der Waals surface area (Å²) in [6, 6.07) is 3.66.